The first kappa shape index (κ1) is 9.85. The molecule has 0 aromatic heterocycles. The van der Waals surface area contributed by atoms with E-state index in [2.05, 4.69) is 0 Å². The molecule has 1 rings (SSSR count). The van der Waals surface area contributed by atoms with Crippen LogP contribution >= 0.6 is 11.8 Å². The van der Waals surface area contributed by atoms with E-state index in [0.29, 0.717) is 5.25 Å². The van der Waals surface area contributed by atoms with E-state index in [0.717, 1.165) is 0 Å². The zero-order valence-electron chi connectivity index (χ0n) is 7.58. The second-order valence-corrected chi connectivity index (χ2v) is 4.50. The summed E-state index contributed by atoms with van der Waals surface area (Å²) in [4.78, 5) is 11.2. The number of rotatable bonds is 2. The van der Waals surface area contributed by atoms with Crippen LogP contribution in [-0.2, 0) is 4.79 Å². The van der Waals surface area contributed by atoms with Gasteiger partial charge < -0.3 is 0 Å². The van der Waals surface area contributed by atoms with E-state index >= 15 is 0 Å². The van der Waals surface area contributed by atoms with Gasteiger partial charge in [-0.15, -0.1) is 0 Å². The van der Waals surface area contributed by atoms with E-state index in [4.69, 9.17) is 0 Å². The Kier molecular flexibility index (Phi) is 4.44. The zero-order chi connectivity index (χ0) is 8.81. The van der Waals surface area contributed by atoms with E-state index in [1.807, 2.05) is 13.0 Å². The number of carbonyl (C=O) groups excluding carboxylic acids is 1. The molecule has 1 saturated carbocycles. The lowest BCUT2D eigenvalue weighted by Gasteiger charge is -2.19. The summed E-state index contributed by atoms with van der Waals surface area (Å²) in [6.45, 7) is 1.89. The largest absolute Gasteiger partial charge is 0.282 e. The maximum Gasteiger partial charge on any atom is 0.212 e. The Bertz CT molecular complexity index is 169. The SMILES string of the molecule is C/C=C/C(=O)SC1CCCCC1. The second-order valence-electron chi connectivity index (χ2n) is 3.20. The fourth-order valence-electron chi connectivity index (χ4n) is 1.52. The molecule has 1 aliphatic rings. The Morgan fingerprint density at radius 3 is 2.58 bits per heavy atom. The summed E-state index contributed by atoms with van der Waals surface area (Å²) < 4.78 is 0. The van der Waals surface area contributed by atoms with Gasteiger partial charge in [-0.1, -0.05) is 37.1 Å². The zero-order valence-corrected chi connectivity index (χ0v) is 8.40. The summed E-state index contributed by atoms with van der Waals surface area (Å²) in [7, 11) is 0. The molecule has 0 bridgehead atoms. The highest BCUT2D eigenvalue weighted by Gasteiger charge is 2.15. The Morgan fingerprint density at radius 1 is 1.33 bits per heavy atom. The molecule has 12 heavy (non-hydrogen) atoms. The molecule has 0 unspecified atom stereocenters. The smallest absolute Gasteiger partial charge is 0.212 e. The van der Waals surface area contributed by atoms with Gasteiger partial charge in [0.25, 0.3) is 0 Å². The van der Waals surface area contributed by atoms with Crippen LogP contribution in [0.3, 0.4) is 0 Å². The summed E-state index contributed by atoms with van der Waals surface area (Å²) in [6, 6.07) is 0. The third-order valence-corrected chi connectivity index (χ3v) is 3.31. The minimum Gasteiger partial charge on any atom is -0.282 e. The quantitative estimate of drug-likeness (QED) is 0.613. The van der Waals surface area contributed by atoms with E-state index in [-0.39, 0.29) is 5.12 Å². The van der Waals surface area contributed by atoms with Gasteiger partial charge in [0, 0.05) is 5.25 Å². The molecule has 1 aliphatic carbocycles. The van der Waals surface area contributed by atoms with Crippen LogP contribution in [0.1, 0.15) is 39.0 Å². The Hall–Kier alpha value is -0.240. The lowest BCUT2D eigenvalue weighted by molar-refractivity contribution is -0.107. The van der Waals surface area contributed by atoms with Crippen LogP contribution in [0, 0.1) is 0 Å². The third-order valence-electron chi connectivity index (χ3n) is 2.14. The monoisotopic (exact) mass is 184 g/mol. The number of carbonyl (C=O) groups is 1. The molecule has 0 saturated heterocycles. The van der Waals surface area contributed by atoms with E-state index in [1.165, 1.54) is 43.9 Å². The molecule has 0 aliphatic heterocycles. The fraction of sp³-hybridized carbons (Fsp3) is 0.700. The predicted octanol–water partition coefficient (Wildman–Crippen LogP) is 3.16. The van der Waals surface area contributed by atoms with Crippen LogP contribution in [-0.4, -0.2) is 10.4 Å². The highest BCUT2D eigenvalue weighted by molar-refractivity contribution is 8.14. The minimum absolute atomic E-state index is 0.226. The molecule has 68 valence electrons. The number of thioether (sulfide) groups is 1. The lowest BCUT2D eigenvalue weighted by Crippen LogP contribution is -2.10. The van der Waals surface area contributed by atoms with Crippen LogP contribution in [0.2, 0.25) is 0 Å². The molecule has 0 heterocycles. The van der Waals surface area contributed by atoms with Crippen molar-refractivity contribution in [3.63, 3.8) is 0 Å². The van der Waals surface area contributed by atoms with Gasteiger partial charge in [0.2, 0.25) is 5.12 Å². The van der Waals surface area contributed by atoms with Crippen molar-refractivity contribution >= 4 is 16.9 Å². The fourth-order valence-corrected chi connectivity index (χ4v) is 2.63. The normalized spacial score (nSPS) is 20.1. The Balaban J connectivity index is 2.24. The van der Waals surface area contributed by atoms with Crippen molar-refractivity contribution in [3.05, 3.63) is 12.2 Å². The number of hydrogen-bond donors (Lipinski definition) is 0. The van der Waals surface area contributed by atoms with Crippen LogP contribution in [0.5, 0.6) is 0 Å². The van der Waals surface area contributed by atoms with Gasteiger partial charge in [-0.3, -0.25) is 4.79 Å². The van der Waals surface area contributed by atoms with Gasteiger partial charge in [0.15, 0.2) is 0 Å². The standard InChI is InChI=1S/C10H16OS/c1-2-6-10(11)12-9-7-4-3-5-8-9/h2,6,9H,3-5,7-8H2,1H3/b6-2+. The summed E-state index contributed by atoms with van der Waals surface area (Å²) in [6.07, 6.45) is 9.91. The summed E-state index contributed by atoms with van der Waals surface area (Å²) in [5.41, 5.74) is 0. The van der Waals surface area contributed by atoms with E-state index in [9.17, 15) is 4.79 Å². The molecule has 0 N–H and O–H groups in total. The minimum atomic E-state index is 0.226. The van der Waals surface area contributed by atoms with Crippen molar-refractivity contribution in [1.29, 1.82) is 0 Å². The second kappa shape index (κ2) is 5.41. The Morgan fingerprint density at radius 2 is 2.00 bits per heavy atom. The van der Waals surface area contributed by atoms with Crippen LogP contribution in [0.25, 0.3) is 0 Å². The molecule has 1 nitrogen and oxygen atoms in total. The maximum atomic E-state index is 11.2. The van der Waals surface area contributed by atoms with Crippen molar-refractivity contribution in [1.82, 2.24) is 0 Å². The average molecular weight is 184 g/mol. The molecular formula is C10H16OS. The predicted molar refractivity (Wildman–Crippen MR) is 54.3 cm³/mol. The molecule has 0 aromatic rings. The molecule has 0 atom stereocenters. The van der Waals surface area contributed by atoms with Crippen molar-refractivity contribution in [2.45, 2.75) is 44.3 Å². The topological polar surface area (TPSA) is 17.1 Å². The van der Waals surface area contributed by atoms with Gasteiger partial charge >= 0.3 is 0 Å². The molecule has 0 amide bonds. The van der Waals surface area contributed by atoms with Crippen molar-refractivity contribution in [2.75, 3.05) is 0 Å². The third kappa shape index (κ3) is 3.44. The van der Waals surface area contributed by atoms with Gasteiger partial charge in [-0.2, -0.15) is 0 Å². The molecule has 2 heteroatoms. The molecule has 1 fully saturated rings. The van der Waals surface area contributed by atoms with Crippen molar-refractivity contribution in [2.24, 2.45) is 0 Å². The first-order chi connectivity index (χ1) is 5.83. The number of hydrogen-bond acceptors (Lipinski definition) is 2. The van der Waals surface area contributed by atoms with Gasteiger partial charge in [-0.05, 0) is 25.8 Å². The van der Waals surface area contributed by atoms with Crippen LogP contribution < -0.4 is 0 Å². The van der Waals surface area contributed by atoms with Crippen molar-refractivity contribution < 1.29 is 4.79 Å². The maximum absolute atomic E-state index is 11.2. The molecule has 0 spiro atoms. The van der Waals surface area contributed by atoms with E-state index in [1.54, 1.807) is 6.08 Å². The van der Waals surface area contributed by atoms with Crippen molar-refractivity contribution in [3.8, 4) is 0 Å². The van der Waals surface area contributed by atoms with Gasteiger partial charge in [-0.25, -0.2) is 0 Å². The highest BCUT2D eigenvalue weighted by atomic mass is 32.2. The average Bonchev–Trinajstić information content (AvgIpc) is 2.06. The molecule has 0 aromatic carbocycles. The summed E-state index contributed by atoms with van der Waals surface area (Å²) >= 11 is 1.52. The molecule has 0 radical (unpaired) electrons. The molecular weight excluding hydrogens is 168 g/mol. The first-order valence-corrected chi connectivity index (χ1v) is 5.54. The van der Waals surface area contributed by atoms with Gasteiger partial charge in [0.05, 0.1) is 0 Å². The van der Waals surface area contributed by atoms with Crippen LogP contribution in [0.4, 0.5) is 0 Å². The lowest BCUT2D eigenvalue weighted by atomic mass is 10.0. The summed E-state index contributed by atoms with van der Waals surface area (Å²) in [5, 5.41) is 0.826. The number of allylic oxidation sites excluding steroid dienone is 1. The Labute approximate surface area is 78.6 Å². The summed E-state index contributed by atoms with van der Waals surface area (Å²) in [5.74, 6) is 0. The first-order valence-electron chi connectivity index (χ1n) is 4.66. The van der Waals surface area contributed by atoms with Crippen LogP contribution in [0.15, 0.2) is 12.2 Å². The van der Waals surface area contributed by atoms with E-state index < -0.39 is 0 Å². The highest BCUT2D eigenvalue weighted by Crippen LogP contribution is 2.28. The van der Waals surface area contributed by atoms with Gasteiger partial charge in [0.1, 0.15) is 0 Å².